The molecule has 126 valence electrons. The number of rotatable bonds is 2. The third-order valence-electron chi connectivity index (χ3n) is 3.74. The molecule has 1 aliphatic heterocycles. The van der Waals surface area contributed by atoms with Crippen LogP contribution in [0, 0.1) is 18.3 Å². The molecule has 1 aromatic heterocycles. The van der Waals surface area contributed by atoms with Crippen molar-refractivity contribution in [1.29, 1.82) is 5.26 Å². The summed E-state index contributed by atoms with van der Waals surface area (Å²) in [5.41, 5.74) is 0.384. The molecule has 0 amide bonds. The second kappa shape index (κ2) is 6.57. The number of nitrogens with zero attached hydrogens (tertiary/aromatic N) is 1. The summed E-state index contributed by atoms with van der Waals surface area (Å²) in [6, 6.07) is 10.1. The molecule has 2 aromatic rings. The highest BCUT2D eigenvalue weighted by Gasteiger charge is 2.32. The lowest BCUT2D eigenvalue weighted by Gasteiger charge is -2.29. The van der Waals surface area contributed by atoms with Gasteiger partial charge in [-0.15, -0.1) is 0 Å². The van der Waals surface area contributed by atoms with E-state index in [1.54, 1.807) is 13.0 Å². The van der Waals surface area contributed by atoms with Gasteiger partial charge in [0, 0.05) is 17.5 Å². The molecule has 1 aromatic carbocycles. The number of ketones is 1. The van der Waals surface area contributed by atoms with Gasteiger partial charge in [-0.05, 0) is 24.6 Å². The molecule has 1 aliphatic rings. The van der Waals surface area contributed by atoms with Crippen LogP contribution in [-0.4, -0.2) is 5.78 Å². The number of hydrogen-bond acceptors (Lipinski definition) is 6. The van der Waals surface area contributed by atoms with Crippen LogP contribution < -0.4 is 15.7 Å². The molecule has 0 saturated heterocycles. The van der Waals surface area contributed by atoms with Crippen molar-refractivity contribution in [3.05, 3.63) is 73.6 Å². The molecule has 1 unspecified atom stereocenters. The Morgan fingerprint density at radius 2 is 2.00 bits per heavy atom. The van der Waals surface area contributed by atoms with Crippen LogP contribution in [0.4, 0.5) is 0 Å². The van der Waals surface area contributed by atoms with Crippen molar-refractivity contribution in [3.63, 3.8) is 0 Å². The summed E-state index contributed by atoms with van der Waals surface area (Å²) in [5, 5.41) is 12.2. The van der Waals surface area contributed by atoms with Gasteiger partial charge in [-0.25, -0.2) is 4.79 Å². The maximum Gasteiger partial charge on any atom is 0.345 e. The second-order valence-electron chi connectivity index (χ2n) is 5.53. The van der Waals surface area contributed by atoms with Gasteiger partial charge in [0.1, 0.15) is 23.1 Å². The highest BCUT2D eigenvalue weighted by molar-refractivity contribution is 9.10. The van der Waals surface area contributed by atoms with Crippen molar-refractivity contribution in [3.8, 4) is 11.8 Å². The van der Waals surface area contributed by atoms with Crippen LogP contribution in [0.15, 0.2) is 55.5 Å². The number of benzene rings is 1. The quantitative estimate of drug-likeness (QED) is 0.614. The van der Waals surface area contributed by atoms with E-state index in [0.717, 1.165) is 10.0 Å². The summed E-state index contributed by atoms with van der Waals surface area (Å²) in [5.74, 6) is 0.244. The molecule has 2 heterocycles. The van der Waals surface area contributed by atoms with Gasteiger partial charge in [0.15, 0.2) is 11.4 Å². The van der Waals surface area contributed by atoms with E-state index in [0.29, 0.717) is 5.76 Å². The van der Waals surface area contributed by atoms with E-state index in [1.165, 1.54) is 6.92 Å². The first kappa shape index (κ1) is 17.0. The van der Waals surface area contributed by atoms with E-state index in [4.69, 9.17) is 9.15 Å². The Hall–Kier alpha value is -2.85. The zero-order valence-corrected chi connectivity index (χ0v) is 15.0. The molecule has 1 atom stereocenters. The summed E-state index contributed by atoms with van der Waals surface area (Å²) in [7, 11) is 0. The van der Waals surface area contributed by atoms with E-state index in [2.05, 4.69) is 21.2 Å². The minimum atomic E-state index is -0.605. The maximum absolute atomic E-state index is 12.4. The van der Waals surface area contributed by atoms with E-state index >= 15 is 0 Å². The van der Waals surface area contributed by atoms with Crippen molar-refractivity contribution in [2.75, 3.05) is 0 Å². The highest BCUT2D eigenvalue weighted by atomic mass is 79.9. The van der Waals surface area contributed by atoms with Gasteiger partial charge in [-0.1, -0.05) is 28.1 Å². The summed E-state index contributed by atoms with van der Waals surface area (Å²) < 4.78 is 11.7. The number of carbonyl (C=O) groups excluding carboxylic acids is 1. The fourth-order valence-electron chi connectivity index (χ4n) is 2.60. The van der Waals surface area contributed by atoms with Gasteiger partial charge in [-0.3, -0.25) is 4.79 Å². The highest BCUT2D eigenvalue weighted by Crippen LogP contribution is 2.35. The molecule has 0 aliphatic carbocycles. The standard InChI is InChI=1S/C18H13BrN2O4/c1-9-7-14-15(18(23)24-9)16(11-3-5-12(19)6-4-11)21-17(25-14)13(8-20)10(2)22/h3-7,16,21H,1-2H3/b17-13+. The van der Waals surface area contributed by atoms with Crippen molar-refractivity contribution in [2.45, 2.75) is 19.9 Å². The number of hydrogen-bond donors (Lipinski definition) is 1. The Morgan fingerprint density at radius 1 is 1.32 bits per heavy atom. The van der Waals surface area contributed by atoms with Crippen LogP contribution in [0.5, 0.6) is 5.75 Å². The smallest absolute Gasteiger partial charge is 0.345 e. The molecule has 0 bridgehead atoms. The average molecular weight is 401 g/mol. The molecule has 1 N–H and O–H groups in total. The molecule has 7 heteroatoms. The molecule has 3 rings (SSSR count). The zero-order valence-electron chi connectivity index (χ0n) is 13.4. The van der Waals surface area contributed by atoms with Crippen molar-refractivity contribution in [1.82, 2.24) is 5.32 Å². The predicted octanol–water partition coefficient (Wildman–Crippen LogP) is 3.11. The first-order valence-corrected chi connectivity index (χ1v) is 8.20. The number of carbonyl (C=O) groups is 1. The average Bonchev–Trinajstić information content (AvgIpc) is 2.54. The van der Waals surface area contributed by atoms with Gasteiger partial charge < -0.3 is 14.5 Å². The monoisotopic (exact) mass is 400 g/mol. The Balaban J connectivity index is 2.24. The summed E-state index contributed by atoms with van der Waals surface area (Å²) in [6.45, 7) is 2.91. The van der Waals surface area contributed by atoms with Crippen molar-refractivity contribution < 1.29 is 13.9 Å². The zero-order chi connectivity index (χ0) is 18.1. The first-order chi connectivity index (χ1) is 11.9. The fourth-order valence-corrected chi connectivity index (χ4v) is 2.86. The Labute approximate surface area is 151 Å². The van der Waals surface area contributed by atoms with Crippen LogP contribution in [0.3, 0.4) is 0 Å². The molecular weight excluding hydrogens is 388 g/mol. The largest absolute Gasteiger partial charge is 0.439 e. The lowest BCUT2D eigenvalue weighted by atomic mass is 9.97. The van der Waals surface area contributed by atoms with Crippen LogP contribution in [-0.2, 0) is 4.79 Å². The summed E-state index contributed by atoms with van der Waals surface area (Å²) in [6.07, 6.45) is 0. The molecular formula is C18H13BrN2O4. The second-order valence-corrected chi connectivity index (χ2v) is 6.44. The maximum atomic E-state index is 12.4. The molecule has 6 nitrogen and oxygen atoms in total. The number of fused-ring (bicyclic) bond motifs is 1. The first-order valence-electron chi connectivity index (χ1n) is 7.40. The third-order valence-corrected chi connectivity index (χ3v) is 4.27. The van der Waals surface area contributed by atoms with Crippen LogP contribution in [0.1, 0.15) is 29.9 Å². The number of allylic oxidation sites excluding steroid dienone is 1. The van der Waals surface area contributed by atoms with Crippen molar-refractivity contribution in [2.24, 2.45) is 0 Å². The van der Waals surface area contributed by atoms with Gasteiger partial charge in [0.05, 0.1) is 6.04 Å². The number of halogens is 1. The van der Waals surface area contributed by atoms with E-state index < -0.39 is 17.5 Å². The molecule has 0 saturated carbocycles. The van der Waals surface area contributed by atoms with Gasteiger partial charge in [0.2, 0.25) is 5.88 Å². The summed E-state index contributed by atoms with van der Waals surface area (Å²) in [4.78, 5) is 24.1. The Bertz CT molecular complexity index is 984. The van der Waals surface area contributed by atoms with E-state index in [-0.39, 0.29) is 22.8 Å². The van der Waals surface area contributed by atoms with E-state index in [9.17, 15) is 14.9 Å². The topological polar surface area (TPSA) is 92.3 Å². The van der Waals surface area contributed by atoms with Gasteiger partial charge in [-0.2, -0.15) is 5.26 Å². The van der Waals surface area contributed by atoms with Crippen molar-refractivity contribution >= 4 is 21.7 Å². The van der Waals surface area contributed by atoms with Crippen LogP contribution >= 0.6 is 15.9 Å². The lowest BCUT2D eigenvalue weighted by Crippen LogP contribution is -2.35. The minimum Gasteiger partial charge on any atom is -0.439 e. The Kier molecular flexibility index (Phi) is 4.47. The molecule has 0 fully saturated rings. The lowest BCUT2D eigenvalue weighted by molar-refractivity contribution is -0.113. The fraction of sp³-hybridized carbons (Fsp3) is 0.167. The summed E-state index contributed by atoms with van der Waals surface area (Å²) >= 11 is 3.37. The molecule has 0 radical (unpaired) electrons. The number of Topliss-reactive ketones (excluding diaryl/α,β-unsaturated/α-hetero) is 1. The number of nitriles is 1. The molecule has 0 spiro atoms. The van der Waals surface area contributed by atoms with Gasteiger partial charge in [0.25, 0.3) is 0 Å². The van der Waals surface area contributed by atoms with Crippen LogP contribution in [0.2, 0.25) is 0 Å². The van der Waals surface area contributed by atoms with E-state index in [1.807, 2.05) is 30.3 Å². The number of nitrogens with one attached hydrogen (secondary N) is 1. The molecule has 25 heavy (non-hydrogen) atoms. The van der Waals surface area contributed by atoms with Crippen LogP contribution in [0.25, 0.3) is 0 Å². The number of ether oxygens (including phenoxy) is 1. The minimum absolute atomic E-state index is 0.0282. The Morgan fingerprint density at radius 3 is 2.60 bits per heavy atom. The predicted molar refractivity (Wildman–Crippen MR) is 92.8 cm³/mol. The third kappa shape index (κ3) is 3.21. The normalized spacial score (nSPS) is 17.6. The number of aryl methyl sites for hydroxylation is 1. The SMILES string of the molecule is CC(=O)/C(C#N)=C1\NC(c2ccc(Br)cc2)c2c(cc(C)oc2=O)O1. The van der Waals surface area contributed by atoms with Gasteiger partial charge >= 0.3 is 5.63 Å².